The quantitative estimate of drug-likeness (QED) is 0.787. The molecule has 0 fully saturated rings. The number of benzene rings is 1. The number of nitrogens with one attached hydrogen (secondary N) is 1. The molecule has 0 aliphatic rings. The van der Waals surface area contributed by atoms with E-state index in [9.17, 15) is 4.39 Å². The van der Waals surface area contributed by atoms with Crippen LogP contribution >= 0.6 is 15.9 Å². The van der Waals surface area contributed by atoms with Gasteiger partial charge in [-0.3, -0.25) is 0 Å². The molecular formula is C14H22BrFN2. The first kappa shape index (κ1) is 15.4. The topological polar surface area (TPSA) is 38.0 Å². The van der Waals surface area contributed by atoms with Crippen LogP contribution in [0.25, 0.3) is 0 Å². The van der Waals surface area contributed by atoms with E-state index in [0.717, 1.165) is 31.4 Å². The first-order valence-corrected chi connectivity index (χ1v) is 7.29. The van der Waals surface area contributed by atoms with Crippen molar-refractivity contribution in [3.63, 3.8) is 0 Å². The molecule has 1 rings (SSSR count). The van der Waals surface area contributed by atoms with E-state index in [4.69, 9.17) is 5.73 Å². The van der Waals surface area contributed by atoms with Gasteiger partial charge in [-0.2, -0.15) is 0 Å². The van der Waals surface area contributed by atoms with Crippen molar-refractivity contribution in [1.82, 2.24) is 0 Å². The summed E-state index contributed by atoms with van der Waals surface area (Å²) in [7, 11) is 0. The molecule has 0 amide bonds. The first-order valence-electron chi connectivity index (χ1n) is 6.50. The van der Waals surface area contributed by atoms with Crippen LogP contribution in [0.2, 0.25) is 0 Å². The molecule has 2 nitrogen and oxygen atoms in total. The lowest BCUT2D eigenvalue weighted by Crippen LogP contribution is -2.45. The molecule has 0 saturated heterocycles. The molecule has 0 spiro atoms. The number of hydrogen-bond acceptors (Lipinski definition) is 2. The Morgan fingerprint density at radius 1 is 1.28 bits per heavy atom. The van der Waals surface area contributed by atoms with Crippen LogP contribution < -0.4 is 11.1 Å². The third-order valence-corrected chi connectivity index (χ3v) is 3.78. The number of rotatable bonds is 7. The summed E-state index contributed by atoms with van der Waals surface area (Å²) in [5.74, 6) is -0.245. The largest absolute Gasteiger partial charge is 0.378 e. The third-order valence-electron chi connectivity index (χ3n) is 3.18. The van der Waals surface area contributed by atoms with Crippen LogP contribution in [0.3, 0.4) is 0 Å². The second-order valence-electron chi connectivity index (χ2n) is 4.74. The molecule has 0 atom stereocenters. The molecule has 0 radical (unpaired) electrons. The standard InChI is InChI=1S/C14H22BrFN2/c1-3-7-14(10-17,8-4-2)18-11-5-6-13(16)12(15)9-11/h5-6,9,18H,3-4,7-8,10,17H2,1-2H3. The van der Waals surface area contributed by atoms with Gasteiger partial charge in [0.05, 0.1) is 4.47 Å². The van der Waals surface area contributed by atoms with Crippen LogP contribution in [0.1, 0.15) is 39.5 Å². The van der Waals surface area contributed by atoms with Crippen molar-refractivity contribution < 1.29 is 4.39 Å². The minimum absolute atomic E-state index is 0.0826. The SMILES string of the molecule is CCCC(CN)(CCC)Nc1ccc(F)c(Br)c1. The molecule has 3 N–H and O–H groups in total. The molecule has 102 valence electrons. The Morgan fingerprint density at radius 3 is 2.33 bits per heavy atom. The highest BCUT2D eigenvalue weighted by Crippen LogP contribution is 2.27. The highest BCUT2D eigenvalue weighted by molar-refractivity contribution is 9.10. The molecule has 0 aliphatic carbocycles. The van der Waals surface area contributed by atoms with Gasteiger partial charge in [0, 0.05) is 17.8 Å². The average molecular weight is 317 g/mol. The van der Waals surface area contributed by atoms with Gasteiger partial charge in [0.2, 0.25) is 0 Å². The van der Waals surface area contributed by atoms with Crippen molar-refractivity contribution in [2.75, 3.05) is 11.9 Å². The van der Waals surface area contributed by atoms with Crippen molar-refractivity contribution in [1.29, 1.82) is 0 Å². The fourth-order valence-electron chi connectivity index (χ4n) is 2.34. The number of anilines is 1. The summed E-state index contributed by atoms with van der Waals surface area (Å²) in [5, 5.41) is 3.49. The van der Waals surface area contributed by atoms with Gasteiger partial charge in [-0.25, -0.2) is 4.39 Å². The second kappa shape index (κ2) is 7.10. The molecule has 1 aromatic carbocycles. The highest BCUT2D eigenvalue weighted by atomic mass is 79.9. The Bertz CT molecular complexity index is 376. The molecule has 1 aromatic rings. The maximum absolute atomic E-state index is 13.2. The lowest BCUT2D eigenvalue weighted by molar-refractivity contribution is 0.401. The number of hydrogen-bond donors (Lipinski definition) is 2. The van der Waals surface area contributed by atoms with Gasteiger partial charge in [-0.05, 0) is 47.0 Å². The Hall–Kier alpha value is -0.610. The van der Waals surface area contributed by atoms with Crippen LogP contribution in [0.15, 0.2) is 22.7 Å². The van der Waals surface area contributed by atoms with Crippen LogP contribution in [-0.2, 0) is 0 Å². The van der Waals surface area contributed by atoms with Gasteiger partial charge >= 0.3 is 0 Å². The fourth-order valence-corrected chi connectivity index (χ4v) is 2.72. The monoisotopic (exact) mass is 316 g/mol. The molecule has 0 bridgehead atoms. The molecule has 0 heterocycles. The Balaban J connectivity index is 2.90. The highest BCUT2D eigenvalue weighted by Gasteiger charge is 2.26. The summed E-state index contributed by atoms with van der Waals surface area (Å²) in [6.07, 6.45) is 4.19. The van der Waals surface area contributed by atoms with Crippen LogP contribution in [0.4, 0.5) is 10.1 Å². The van der Waals surface area contributed by atoms with E-state index in [1.165, 1.54) is 6.07 Å². The summed E-state index contributed by atoms with van der Waals surface area (Å²) >= 11 is 3.21. The van der Waals surface area contributed by atoms with E-state index < -0.39 is 0 Å². The van der Waals surface area contributed by atoms with E-state index in [0.29, 0.717) is 11.0 Å². The van der Waals surface area contributed by atoms with Gasteiger partial charge in [-0.15, -0.1) is 0 Å². The average Bonchev–Trinajstić information content (AvgIpc) is 2.34. The maximum atomic E-state index is 13.2. The predicted molar refractivity (Wildman–Crippen MR) is 79.3 cm³/mol. The second-order valence-corrected chi connectivity index (χ2v) is 5.59. The predicted octanol–water partition coefficient (Wildman–Crippen LogP) is 4.30. The van der Waals surface area contributed by atoms with Crippen molar-refractivity contribution in [3.05, 3.63) is 28.5 Å². The molecule has 0 aliphatic heterocycles. The van der Waals surface area contributed by atoms with Crippen LogP contribution in [-0.4, -0.2) is 12.1 Å². The molecular weight excluding hydrogens is 295 g/mol. The van der Waals surface area contributed by atoms with Crippen LogP contribution in [0.5, 0.6) is 0 Å². The zero-order chi connectivity index (χ0) is 13.6. The Morgan fingerprint density at radius 2 is 1.89 bits per heavy atom. The Labute approximate surface area is 117 Å². The molecule has 18 heavy (non-hydrogen) atoms. The zero-order valence-corrected chi connectivity index (χ0v) is 12.7. The van der Waals surface area contributed by atoms with Crippen molar-refractivity contribution in [2.24, 2.45) is 5.73 Å². The van der Waals surface area contributed by atoms with Crippen molar-refractivity contribution in [2.45, 2.75) is 45.1 Å². The van der Waals surface area contributed by atoms with E-state index >= 15 is 0 Å². The Kier molecular flexibility index (Phi) is 6.09. The van der Waals surface area contributed by atoms with E-state index in [-0.39, 0.29) is 11.4 Å². The summed E-state index contributed by atoms with van der Waals surface area (Å²) < 4.78 is 13.7. The minimum Gasteiger partial charge on any atom is -0.378 e. The molecule has 0 unspecified atom stereocenters. The van der Waals surface area contributed by atoms with E-state index in [1.807, 2.05) is 0 Å². The van der Waals surface area contributed by atoms with Gasteiger partial charge in [-0.1, -0.05) is 26.7 Å². The van der Waals surface area contributed by atoms with E-state index in [2.05, 4.69) is 35.1 Å². The number of nitrogens with two attached hydrogens (primary N) is 1. The number of halogens is 2. The summed E-state index contributed by atoms with van der Waals surface area (Å²) in [6, 6.07) is 4.99. The van der Waals surface area contributed by atoms with Gasteiger partial charge in [0.15, 0.2) is 0 Å². The van der Waals surface area contributed by atoms with Crippen molar-refractivity contribution in [3.8, 4) is 0 Å². The maximum Gasteiger partial charge on any atom is 0.137 e. The van der Waals surface area contributed by atoms with Crippen LogP contribution in [0, 0.1) is 5.82 Å². The fraction of sp³-hybridized carbons (Fsp3) is 0.571. The minimum atomic E-state index is -0.245. The zero-order valence-electron chi connectivity index (χ0n) is 11.1. The van der Waals surface area contributed by atoms with Gasteiger partial charge in [0.25, 0.3) is 0 Å². The van der Waals surface area contributed by atoms with Gasteiger partial charge < -0.3 is 11.1 Å². The van der Waals surface area contributed by atoms with Crippen molar-refractivity contribution >= 4 is 21.6 Å². The third kappa shape index (κ3) is 3.95. The molecule has 0 aromatic heterocycles. The summed E-state index contributed by atoms with van der Waals surface area (Å²) in [5.41, 5.74) is 6.78. The summed E-state index contributed by atoms with van der Waals surface area (Å²) in [6.45, 7) is 4.90. The molecule has 4 heteroatoms. The molecule has 0 saturated carbocycles. The van der Waals surface area contributed by atoms with E-state index in [1.54, 1.807) is 12.1 Å². The lowest BCUT2D eigenvalue weighted by Gasteiger charge is -2.34. The smallest absolute Gasteiger partial charge is 0.137 e. The lowest BCUT2D eigenvalue weighted by atomic mass is 9.88. The normalized spacial score (nSPS) is 11.6. The summed E-state index contributed by atoms with van der Waals surface area (Å²) in [4.78, 5) is 0. The van der Waals surface area contributed by atoms with Gasteiger partial charge in [0.1, 0.15) is 5.82 Å². The first-order chi connectivity index (χ1) is 8.56.